The lowest BCUT2D eigenvalue weighted by Gasteiger charge is -2.19. The standard InChI is InChI=1S/C23H19N5O5/c29-20(25-16-3-4-18-19(12-16)33-11-10-32-18)14-27-9-1-2-17-21(27)26-23(31)28(22(17)30)13-15-5-7-24-8-6-15/h1-9,12H,10-11,13-14H2,(H,25,29). The Morgan fingerprint density at radius 3 is 2.64 bits per heavy atom. The molecule has 1 amide bonds. The van der Waals surface area contributed by atoms with Gasteiger partial charge >= 0.3 is 5.69 Å². The number of anilines is 1. The first kappa shape index (κ1) is 20.4. The number of carbonyl (C=O) groups is 1. The van der Waals surface area contributed by atoms with Crippen molar-refractivity contribution >= 4 is 11.6 Å². The number of pyridine rings is 2. The van der Waals surface area contributed by atoms with Crippen molar-refractivity contribution in [3.63, 3.8) is 0 Å². The molecule has 1 aromatic carbocycles. The van der Waals surface area contributed by atoms with Crippen LogP contribution in [0, 0.1) is 0 Å². The fraction of sp³-hybridized carbons (Fsp3) is 0.174. The summed E-state index contributed by atoms with van der Waals surface area (Å²) < 4.78 is 13.6. The topological polar surface area (TPSA) is 117 Å². The van der Waals surface area contributed by atoms with Crippen molar-refractivity contribution in [3.05, 3.63) is 87.5 Å². The average molecular weight is 445 g/mol. The summed E-state index contributed by atoms with van der Waals surface area (Å²) in [5, 5.41) is 2.79. The molecule has 0 unspecified atom stereocenters. The van der Waals surface area contributed by atoms with Crippen LogP contribution in [0.3, 0.4) is 0 Å². The summed E-state index contributed by atoms with van der Waals surface area (Å²) in [7, 11) is 0. The molecule has 10 nitrogen and oxygen atoms in total. The lowest BCUT2D eigenvalue weighted by Crippen LogP contribution is -2.38. The molecular formula is C23H19N5O5. The lowest BCUT2D eigenvalue weighted by molar-refractivity contribution is -0.116. The van der Waals surface area contributed by atoms with Crippen molar-refractivity contribution in [2.75, 3.05) is 18.5 Å². The second kappa shape index (κ2) is 8.58. The molecule has 1 N–H and O–H groups in total. The monoisotopic (exact) mass is 445 g/mol. The lowest BCUT2D eigenvalue weighted by atomic mass is 10.2. The summed E-state index contributed by atoms with van der Waals surface area (Å²) in [5.41, 5.74) is 0.397. The van der Waals surface area contributed by atoms with E-state index in [2.05, 4.69) is 15.3 Å². The van der Waals surface area contributed by atoms with Gasteiger partial charge in [-0.3, -0.25) is 19.1 Å². The van der Waals surface area contributed by atoms with Crippen LogP contribution < -0.4 is 26.0 Å². The normalized spacial score (nSPS) is 12.5. The largest absolute Gasteiger partial charge is 0.486 e. The fourth-order valence-electron chi connectivity index (χ4n) is 3.63. The van der Waals surface area contributed by atoms with Crippen molar-refractivity contribution < 1.29 is 14.3 Å². The van der Waals surface area contributed by atoms with Gasteiger partial charge in [0.1, 0.15) is 19.8 Å². The zero-order valence-electron chi connectivity index (χ0n) is 17.4. The molecule has 2 aromatic rings. The molecule has 1 aromatic heterocycles. The fourth-order valence-corrected chi connectivity index (χ4v) is 3.63. The maximum absolute atomic E-state index is 13.0. The number of ether oxygens (including phenoxy) is 2. The summed E-state index contributed by atoms with van der Waals surface area (Å²) in [6.07, 6.45) is 4.78. The molecule has 4 heterocycles. The molecule has 0 saturated carbocycles. The van der Waals surface area contributed by atoms with Crippen molar-refractivity contribution in [2.24, 2.45) is 0 Å². The molecular weight excluding hydrogens is 426 g/mol. The van der Waals surface area contributed by atoms with E-state index in [4.69, 9.17) is 9.47 Å². The second-order valence-corrected chi connectivity index (χ2v) is 7.42. The molecule has 10 heteroatoms. The number of aromatic nitrogens is 4. The highest BCUT2D eigenvalue weighted by Crippen LogP contribution is 2.32. The maximum Gasteiger partial charge on any atom is 0.352 e. The van der Waals surface area contributed by atoms with Crippen LogP contribution in [0.2, 0.25) is 0 Å². The molecule has 166 valence electrons. The van der Waals surface area contributed by atoms with E-state index in [-0.39, 0.29) is 30.4 Å². The predicted molar refractivity (Wildman–Crippen MR) is 119 cm³/mol. The van der Waals surface area contributed by atoms with Crippen molar-refractivity contribution in [1.29, 1.82) is 0 Å². The molecule has 0 atom stereocenters. The molecule has 3 aliphatic heterocycles. The number of carbonyl (C=O) groups excluding carboxylic acids is 1. The number of nitrogens with zero attached hydrogens (tertiary/aromatic N) is 4. The van der Waals surface area contributed by atoms with Gasteiger partial charge in [-0.05, 0) is 42.0 Å². The van der Waals surface area contributed by atoms with E-state index >= 15 is 0 Å². The minimum Gasteiger partial charge on any atom is -0.486 e. The van der Waals surface area contributed by atoms with Crippen LogP contribution in [-0.2, 0) is 17.9 Å². The first-order chi connectivity index (χ1) is 16.1. The van der Waals surface area contributed by atoms with E-state index in [1.54, 1.807) is 61.1 Å². The Bertz CT molecular complexity index is 1410. The SMILES string of the molecule is O=C(Cn1cccc2c(=O)n(Cc3ccncc3)c(=O)nc1-2)Nc1ccc2c(c1)OCCO2. The average Bonchev–Trinajstić information content (AvgIpc) is 2.83. The number of fused-ring (bicyclic) bond motifs is 2. The highest BCUT2D eigenvalue weighted by Gasteiger charge is 2.19. The third kappa shape index (κ3) is 4.18. The van der Waals surface area contributed by atoms with Gasteiger partial charge in [-0.2, -0.15) is 4.98 Å². The van der Waals surface area contributed by atoms with E-state index in [0.29, 0.717) is 30.4 Å². The van der Waals surface area contributed by atoms with Crippen LogP contribution >= 0.6 is 0 Å². The molecule has 0 aliphatic carbocycles. The number of hydrogen-bond acceptors (Lipinski definition) is 7. The second-order valence-electron chi connectivity index (χ2n) is 7.42. The van der Waals surface area contributed by atoms with Gasteiger partial charge in [0.2, 0.25) is 5.91 Å². The van der Waals surface area contributed by atoms with Gasteiger partial charge < -0.3 is 19.4 Å². The quantitative estimate of drug-likeness (QED) is 0.493. The van der Waals surface area contributed by atoms with E-state index in [1.807, 2.05) is 0 Å². The Kier molecular flexibility index (Phi) is 5.31. The Hall–Kier alpha value is -4.47. The van der Waals surface area contributed by atoms with E-state index in [9.17, 15) is 14.4 Å². The molecule has 5 rings (SSSR count). The Morgan fingerprint density at radius 2 is 1.82 bits per heavy atom. The molecule has 0 bridgehead atoms. The Balaban J connectivity index is 1.40. The summed E-state index contributed by atoms with van der Waals surface area (Å²) in [6.45, 7) is 0.877. The summed E-state index contributed by atoms with van der Waals surface area (Å²) in [6, 6.07) is 11.8. The van der Waals surface area contributed by atoms with Crippen LogP contribution in [0.4, 0.5) is 5.69 Å². The van der Waals surface area contributed by atoms with Gasteiger partial charge in [-0.1, -0.05) is 0 Å². The van der Waals surface area contributed by atoms with Gasteiger partial charge in [0.25, 0.3) is 5.56 Å². The smallest absolute Gasteiger partial charge is 0.352 e. The van der Waals surface area contributed by atoms with Crippen LogP contribution in [0.25, 0.3) is 11.4 Å². The predicted octanol–water partition coefficient (Wildman–Crippen LogP) is 1.36. The zero-order chi connectivity index (χ0) is 22.8. The molecule has 0 saturated heterocycles. The zero-order valence-corrected chi connectivity index (χ0v) is 17.4. The van der Waals surface area contributed by atoms with Gasteiger partial charge in [0.15, 0.2) is 17.3 Å². The van der Waals surface area contributed by atoms with Crippen LogP contribution in [-0.4, -0.2) is 38.2 Å². The summed E-state index contributed by atoms with van der Waals surface area (Å²) in [5.74, 6) is 0.984. The number of benzene rings is 1. The molecule has 0 spiro atoms. The van der Waals surface area contributed by atoms with Gasteiger partial charge in [0.05, 0.1) is 12.1 Å². The minimum absolute atomic E-state index is 0.0859. The number of amides is 1. The number of hydrogen-bond donors (Lipinski definition) is 1. The number of rotatable bonds is 5. The van der Waals surface area contributed by atoms with Crippen molar-refractivity contribution in [1.82, 2.24) is 19.1 Å². The third-order valence-corrected chi connectivity index (χ3v) is 5.18. The molecule has 0 radical (unpaired) electrons. The van der Waals surface area contributed by atoms with Crippen molar-refractivity contribution in [3.8, 4) is 22.9 Å². The first-order valence-corrected chi connectivity index (χ1v) is 10.3. The minimum atomic E-state index is -0.684. The van der Waals surface area contributed by atoms with Crippen LogP contribution in [0.15, 0.2) is 70.6 Å². The highest BCUT2D eigenvalue weighted by atomic mass is 16.6. The third-order valence-electron chi connectivity index (χ3n) is 5.18. The Morgan fingerprint density at radius 1 is 1.03 bits per heavy atom. The maximum atomic E-state index is 13.0. The van der Waals surface area contributed by atoms with Crippen LogP contribution in [0.1, 0.15) is 5.56 Å². The summed E-state index contributed by atoms with van der Waals surface area (Å²) in [4.78, 5) is 46.3. The van der Waals surface area contributed by atoms with Gasteiger partial charge in [-0.25, -0.2) is 4.79 Å². The van der Waals surface area contributed by atoms with Gasteiger partial charge in [-0.15, -0.1) is 0 Å². The van der Waals surface area contributed by atoms with Crippen molar-refractivity contribution in [2.45, 2.75) is 13.1 Å². The first-order valence-electron chi connectivity index (χ1n) is 10.3. The van der Waals surface area contributed by atoms with Gasteiger partial charge in [0, 0.05) is 30.3 Å². The molecule has 3 aliphatic rings. The van der Waals surface area contributed by atoms with E-state index in [0.717, 1.165) is 10.1 Å². The van der Waals surface area contributed by atoms with E-state index in [1.165, 1.54) is 4.57 Å². The Labute approximate surface area is 187 Å². The highest BCUT2D eigenvalue weighted by molar-refractivity contribution is 5.91. The molecule has 0 fully saturated rings. The van der Waals surface area contributed by atoms with Crippen LogP contribution in [0.5, 0.6) is 11.5 Å². The molecule has 33 heavy (non-hydrogen) atoms. The number of nitrogens with one attached hydrogen (secondary N) is 1. The van der Waals surface area contributed by atoms with E-state index < -0.39 is 11.2 Å². The summed E-state index contributed by atoms with van der Waals surface area (Å²) >= 11 is 0.